The van der Waals surface area contributed by atoms with Gasteiger partial charge in [0.05, 0.1) is 6.61 Å². The second-order valence-corrected chi connectivity index (χ2v) is 7.87. The molecule has 0 aromatic heterocycles. The first-order valence-corrected chi connectivity index (χ1v) is 10.4. The van der Waals surface area contributed by atoms with Crippen molar-refractivity contribution in [2.45, 2.75) is 50.7 Å². The van der Waals surface area contributed by atoms with Crippen LogP contribution >= 0.6 is 0 Å². The number of carbonyl (C=O) groups excluding carboxylic acids is 2. The summed E-state index contributed by atoms with van der Waals surface area (Å²) in [6.45, 7) is 4.70. The van der Waals surface area contributed by atoms with E-state index in [1.807, 2.05) is 42.5 Å². The molecule has 2 aliphatic rings. The van der Waals surface area contributed by atoms with Crippen molar-refractivity contribution in [3.63, 3.8) is 0 Å². The van der Waals surface area contributed by atoms with Gasteiger partial charge in [0.2, 0.25) is 11.6 Å². The molecule has 1 aromatic rings. The van der Waals surface area contributed by atoms with Gasteiger partial charge in [-0.25, -0.2) is 0 Å². The van der Waals surface area contributed by atoms with E-state index in [4.69, 9.17) is 28.4 Å². The standard InChI is InChI=1S/C24H30O8/c1-16(25)30-15-18-14-19(29-13-9-12-17-10-7-6-8-11-17)21-22(20(18)26)32-24(3,28-5)23(2,27-4)31-21/h6-12,14,19,21-22H,13,15H2,1-5H3/b12-9+/t19-,21-,22-,23+,24+/m0/s1. The van der Waals surface area contributed by atoms with Crippen molar-refractivity contribution in [3.8, 4) is 0 Å². The lowest BCUT2D eigenvalue weighted by Crippen LogP contribution is -2.69. The molecule has 32 heavy (non-hydrogen) atoms. The van der Waals surface area contributed by atoms with Gasteiger partial charge in [-0.15, -0.1) is 0 Å². The summed E-state index contributed by atoms with van der Waals surface area (Å²) in [6, 6.07) is 9.82. The number of hydrogen-bond donors (Lipinski definition) is 0. The van der Waals surface area contributed by atoms with Crippen molar-refractivity contribution < 1.29 is 38.0 Å². The van der Waals surface area contributed by atoms with E-state index in [0.29, 0.717) is 0 Å². The van der Waals surface area contributed by atoms with E-state index in [0.717, 1.165) is 5.56 Å². The van der Waals surface area contributed by atoms with Gasteiger partial charge in [-0.1, -0.05) is 42.5 Å². The van der Waals surface area contributed by atoms with E-state index < -0.39 is 35.9 Å². The van der Waals surface area contributed by atoms with Gasteiger partial charge in [0.25, 0.3) is 0 Å². The monoisotopic (exact) mass is 446 g/mol. The van der Waals surface area contributed by atoms with Crippen molar-refractivity contribution in [1.29, 1.82) is 0 Å². The first-order valence-electron chi connectivity index (χ1n) is 10.4. The third-order valence-corrected chi connectivity index (χ3v) is 5.81. The van der Waals surface area contributed by atoms with E-state index in [2.05, 4.69) is 0 Å². The second kappa shape index (κ2) is 10.1. The summed E-state index contributed by atoms with van der Waals surface area (Å²) in [5, 5.41) is 0. The number of benzene rings is 1. The molecule has 0 N–H and O–H groups in total. The van der Waals surface area contributed by atoms with E-state index in [1.165, 1.54) is 21.1 Å². The lowest BCUT2D eigenvalue weighted by molar-refractivity contribution is -0.447. The Balaban J connectivity index is 1.84. The lowest BCUT2D eigenvalue weighted by Gasteiger charge is -2.53. The van der Waals surface area contributed by atoms with E-state index >= 15 is 0 Å². The zero-order chi connectivity index (χ0) is 23.4. The molecule has 0 saturated carbocycles. The summed E-state index contributed by atoms with van der Waals surface area (Å²) >= 11 is 0. The van der Waals surface area contributed by atoms with Crippen LogP contribution in [0.1, 0.15) is 26.3 Å². The highest BCUT2D eigenvalue weighted by atomic mass is 16.8. The van der Waals surface area contributed by atoms with Gasteiger partial charge < -0.3 is 28.4 Å². The van der Waals surface area contributed by atoms with Gasteiger partial charge in [0, 0.05) is 26.7 Å². The van der Waals surface area contributed by atoms with Crippen LogP contribution < -0.4 is 0 Å². The third-order valence-electron chi connectivity index (χ3n) is 5.81. The molecule has 8 nitrogen and oxygen atoms in total. The molecular formula is C24H30O8. The Labute approximate surface area is 188 Å². The molecule has 0 unspecified atom stereocenters. The molecule has 1 saturated heterocycles. The maximum atomic E-state index is 13.1. The highest BCUT2D eigenvalue weighted by molar-refractivity contribution is 6.01. The molecule has 8 heteroatoms. The van der Waals surface area contributed by atoms with E-state index in [-0.39, 0.29) is 24.6 Å². The van der Waals surface area contributed by atoms with Crippen LogP contribution in [0, 0.1) is 0 Å². The number of hydrogen-bond acceptors (Lipinski definition) is 8. The third kappa shape index (κ3) is 5.00. The minimum absolute atomic E-state index is 0.175. The predicted octanol–water partition coefficient (Wildman–Crippen LogP) is 2.67. The molecule has 0 spiro atoms. The number of Topliss-reactive ketones (excluding diaryl/α,β-unsaturated/α-hetero) is 1. The zero-order valence-corrected chi connectivity index (χ0v) is 19.0. The summed E-state index contributed by atoms with van der Waals surface area (Å²) in [7, 11) is 2.93. The molecule has 0 radical (unpaired) electrons. The molecule has 1 aromatic carbocycles. The number of ether oxygens (including phenoxy) is 6. The van der Waals surface area contributed by atoms with Crippen molar-refractivity contribution in [2.75, 3.05) is 27.4 Å². The zero-order valence-electron chi connectivity index (χ0n) is 19.0. The van der Waals surface area contributed by atoms with Crippen molar-refractivity contribution in [2.24, 2.45) is 0 Å². The largest absolute Gasteiger partial charge is 0.461 e. The lowest BCUT2D eigenvalue weighted by atomic mass is 9.88. The molecule has 3 rings (SSSR count). The fourth-order valence-electron chi connectivity index (χ4n) is 3.67. The van der Waals surface area contributed by atoms with Crippen LogP contribution in [0.2, 0.25) is 0 Å². The number of esters is 1. The Hall–Kier alpha value is -2.36. The second-order valence-electron chi connectivity index (χ2n) is 7.87. The summed E-state index contributed by atoms with van der Waals surface area (Å²) < 4.78 is 34.5. The maximum Gasteiger partial charge on any atom is 0.302 e. The quantitative estimate of drug-likeness (QED) is 0.563. The molecule has 1 aliphatic carbocycles. The first-order chi connectivity index (χ1) is 15.2. The van der Waals surface area contributed by atoms with Gasteiger partial charge in [0.1, 0.15) is 18.8 Å². The van der Waals surface area contributed by atoms with Crippen LogP contribution in [0.25, 0.3) is 6.08 Å². The molecule has 1 fully saturated rings. The van der Waals surface area contributed by atoms with Crippen molar-refractivity contribution in [1.82, 2.24) is 0 Å². The van der Waals surface area contributed by atoms with Gasteiger partial charge in [-0.3, -0.25) is 9.59 Å². The number of carbonyl (C=O) groups is 2. The Kier molecular flexibility index (Phi) is 7.63. The molecule has 0 bridgehead atoms. The van der Waals surface area contributed by atoms with Crippen LogP contribution in [0.15, 0.2) is 48.1 Å². The normalized spacial score (nSPS) is 32.5. The van der Waals surface area contributed by atoms with Crippen LogP contribution in [0.5, 0.6) is 0 Å². The molecular weight excluding hydrogens is 416 g/mol. The molecule has 0 amide bonds. The van der Waals surface area contributed by atoms with Gasteiger partial charge in [-0.2, -0.15) is 0 Å². The highest BCUT2D eigenvalue weighted by Gasteiger charge is 2.60. The van der Waals surface area contributed by atoms with Gasteiger partial charge in [-0.05, 0) is 25.5 Å². The summed E-state index contributed by atoms with van der Waals surface area (Å²) in [4.78, 5) is 24.4. The maximum absolute atomic E-state index is 13.1. The average molecular weight is 446 g/mol. The minimum atomic E-state index is -1.35. The fourth-order valence-corrected chi connectivity index (χ4v) is 3.67. The molecule has 5 atom stereocenters. The predicted molar refractivity (Wildman–Crippen MR) is 116 cm³/mol. The van der Waals surface area contributed by atoms with Gasteiger partial charge in [0.15, 0.2) is 11.9 Å². The van der Waals surface area contributed by atoms with Crippen molar-refractivity contribution in [3.05, 3.63) is 53.6 Å². The molecule has 1 aliphatic heterocycles. The Morgan fingerprint density at radius 3 is 2.38 bits per heavy atom. The Morgan fingerprint density at radius 2 is 1.75 bits per heavy atom. The topological polar surface area (TPSA) is 89.5 Å². The van der Waals surface area contributed by atoms with Crippen LogP contribution in [-0.2, 0) is 38.0 Å². The number of methoxy groups -OCH3 is 2. The van der Waals surface area contributed by atoms with Crippen molar-refractivity contribution >= 4 is 17.8 Å². The molecule has 174 valence electrons. The first kappa shape index (κ1) is 24.3. The minimum Gasteiger partial charge on any atom is -0.461 e. The number of rotatable bonds is 8. The fraction of sp³-hybridized carbons (Fsp3) is 0.500. The van der Waals surface area contributed by atoms with Crippen LogP contribution in [0.4, 0.5) is 0 Å². The van der Waals surface area contributed by atoms with Crippen LogP contribution in [-0.4, -0.2) is 69.1 Å². The Morgan fingerprint density at radius 1 is 1.09 bits per heavy atom. The van der Waals surface area contributed by atoms with E-state index in [9.17, 15) is 9.59 Å². The highest BCUT2D eigenvalue weighted by Crippen LogP contribution is 2.42. The Bertz CT molecular complexity index is 879. The summed E-state index contributed by atoms with van der Waals surface area (Å²) in [5.41, 5.74) is 1.32. The van der Waals surface area contributed by atoms with E-state index in [1.54, 1.807) is 19.9 Å². The molecule has 1 heterocycles. The van der Waals surface area contributed by atoms with Crippen LogP contribution in [0.3, 0.4) is 0 Å². The summed E-state index contributed by atoms with van der Waals surface area (Å²) in [5.74, 6) is -3.47. The number of ketones is 1. The SMILES string of the molecule is CO[C@]1(C)O[C@H]2[C@@H](OC/C=C/c3ccccc3)C=C(COC(C)=O)C(=O)[C@@H]2O[C@@]1(C)OC. The van der Waals surface area contributed by atoms with Gasteiger partial charge >= 0.3 is 5.97 Å². The average Bonchev–Trinajstić information content (AvgIpc) is 2.79. The summed E-state index contributed by atoms with van der Waals surface area (Å²) in [6.07, 6.45) is 3.01. The number of fused-ring (bicyclic) bond motifs is 1. The smallest absolute Gasteiger partial charge is 0.302 e.